The van der Waals surface area contributed by atoms with Gasteiger partial charge in [-0.15, -0.1) is 0 Å². The molecule has 4 aromatic heterocycles. The zero-order chi connectivity index (χ0) is 36.9. The highest BCUT2D eigenvalue weighted by Gasteiger charge is 2.25. The zero-order valence-corrected chi connectivity index (χ0v) is 30.3. The first-order chi connectivity index (χ1) is 27.6. The minimum Gasteiger partial charge on any atom is -0.456 e. The minimum atomic E-state index is 0.449. The lowest BCUT2D eigenvalue weighted by atomic mass is 9.89. The molecule has 264 valence electrons. The quantitative estimate of drug-likeness (QED) is 0.180. The topological polar surface area (TPSA) is 78.1 Å². The number of hydrogen-bond donors (Lipinski definition) is 0. The van der Waals surface area contributed by atoms with Gasteiger partial charge in [-0.3, -0.25) is 0 Å². The molecule has 1 unspecified atom stereocenters. The lowest BCUT2D eigenvalue weighted by molar-refractivity contribution is 0.668. The number of hydrogen-bond acceptors (Lipinski definition) is 6. The van der Waals surface area contributed by atoms with E-state index in [1.54, 1.807) is 0 Å². The van der Waals surface area contributed by atoms with Gasteiger partial charge in [0.15, 0.2) is 17.5 Å². The summed E-state index contributed by atoms with van der Waals surface area (Å²) in [4.78, 5) is 16.2. The molecule has 0 fully saturated rings. The van der Waals surface area contributed by atoms with E-state index in [4.69, 9.17) is 28.2 Å². The van der Waals surface area contributed by atoms with Gasteiger partial charge in [0.2, 0.25) is 0 Å². The predicted octanol–water partition coefficient (Wildman–Crippen LogP) is 13.4. The van der Waals surface area contributed by atoms with Crippen LogP contribution in [0.3, 0.4) is 0 Å². The van der Waals surface area contributed by atoms with Crippen LogP contribution in [0.15, 0.2) is 159 Å². The fourth-order valence-electron chi connectivity index (χ4n) is 8.74. The molecule has 1 aliphatic rings. The van der Waals surface area contributed by atoms with Gasteiger partial charge in [-0.25, -0.2) is 15.0 Å². The summed E-state index contributed by atoms with van der Waals surface area (Å²) in [5.41, 5.74) is 12.0. The Morgan fingerprint density at radius 1 is 0.464 bits per heavy atom. The van der Waals surface area contributed by atoms with Crippen LogP contribution in [0, 0.1) is 5.92 Å². The van der Waals surface area contributed by atoms with E-state index in [1.807, 2.05) is 60.7 Å². The van der Waals surface area contributed by atoms with Crippen LogP contribution in [-0.4, -0.2) is 15.0 Å². The molecule has 6 heteroatoms. The largest absolute Gasteiger partial charge is 0.456 e. The third-order valence-electron chi connectivity index (χ3n) is 11.3. The average molecular weight is 722 g/mol. The number of fused-ring (bicyclic) bond motifs is 10. The second-order valence-corrected chi connectivity index (χ2v) is 14.8. The lowest BCUT2D eigenvalue weighted by Crippen LogP contribution is -2.05. The van der Waals surface area contributed by atoms with Crippen LogP contribution in [0.2, 0.25) is 0 Å². The Morgan fingerprint density at radius 3 is 1.71 bits per heavy atom. The first-order valence-electron chi connectivity index (χ1n) is 19.0. The molecule has 1 aliphatic carbocycles. The van der Waals surface area contributed by atoms with Gasteiger partial charge in [0.05, 0.1) is 0 Å². The van der Waals surface area contributed by atoms with Crippen molar-refractivity contribution in [3.05, 3.63) is 157 Å². The van der Waals surface area contributed by atoms with Crippen molar-refractivity contribution in [3.63, 3.8) is 0 Å². The Morgan fingerprint density at radius 2 is 1.02 bits per heavy atom. The van der Waals surface area contributed by atoms with Crippen LogP contribution in [0.25, 0.3) is 117 Å². The van der Waals surface area contributed by atoms with Crippen LogP contribution >= 0.6 is 0 Å². The minimum absolute atomic E-state index is 0.449. The summed E-state index contributed by atoms with van der Waals surface area (Å²) >= 11 is 0. The number of para-hydroxylation sites is 3. The summed E-state index contributed by atoms with van der Waals surface area (Å²) in [6, 6.07) is 47.6. The molecule has 4 heterocycles. The van der Waals surface area contributed by atoms with Gasteiger partial charge in [-0.2, -0.15) is 0 Å². The number of nitrogens with zero attached hydrogens (tertiary/aromatic N) is 3. The van der Waals surface area contributed by atoms with E-state index in [2.05, 4.69) is 97.9 Å². The molecular formula is C50H31N3O3. The van der Waals surface area contributed by atoms with Gasteiger partial charge in [-0.05, 0) is 83.1 Å². The fraction of sp³-hybridized carbons (Fsp3) is 0.0600. The van der Waals surface area contributed by atoms with E-state index in [1.165, 1.54) is 11.1 Å². The van der Waals surface area contributed by atoms with E-state index < -0.39 is 0 Å². The third-order valence-corrected chi connectivity index (χ3v) is 11.3. The molecule has 0 amide bonds. The van der Waals surface area contributed by atoms with Gasteiger partial charge in [0, 0.05) is 49.0 Å². The molecule has 0 saturated carbocycles. The maximum absolute atomic E-state index is 6.54. The molecule has 0 saturated heterocycles. The molecule has 11 aromatic rings. The molecule has 0 spiro atoms. The SMILES string of the molecule is CC1C=Cc2ccc(-c3nc(-c4cccc5oc6ccccc6c45)nc(-c4c(-c5cccc6oc7ccccc7c56)ccc5oc6ccccc6c45)n3)cc2C1. The Bertz CT molecular complexity index is 3440. The maximum atomic E-state index is 6.54. The number of allylic oxidation sites excluding steroid dienone is 1. The number of aromatic nitrogens is 3. The second-order valence-electron chi connectivity index (χ2n) is 14.8. The smallest absolute Gasteiger partial charge is 0.165 e. The first-order valence-corrected chi connectivity index (χ1v) is 19.0. The molecule has 0 radical (unpaired) electrons. The molecule has 0 aliphatic heterocycles. The summed E-state index contributed by atoms with van der Waals surface area (Å²) in [6.45, 7) is 2.25. The average Bonchev–Trinajstić information content (AvgIpc) is 3.94. The highest BCUT2D eigenvalue weighted by atomic mass is 16.3. The normalized spacial score (nSPS) is 14.2. The van der Waals surface area contributed by atoms with Crippen molar-refractivity contribution < 1.29 is 13.3 Å². The Kier molecular flexibility index (Phi) is 6.57. The van der Waals surface area contributed by atoms with E-state index in [0.29, 0.717) is 23.4 Å². The molecule has 56 heavy (non-hydrogen) atoms. The molecule has 7 aromatic carbocycles. The lowest BCUT2D eigenvalue weighted by Gasteiger charge is -2.17. The third kappa shape index (κ3) is 4.66. The Labute approximate surface area is 320 Å². The van der Waals surface area contributed by atoms with Crippen molar-refractivity contribution in [2.75, 3.05) is 0 Å². The van der Waals surface area contributed by atoms with Gasteiger partial charge < -0.3 is 13.3 Å². The fourth-order valence-corrected chi connectivity index (χ4v) is 8.74. The molecule has 0 bridgehead atoms. The van der Waals surface area contributed by atoms with Gasteiger partial charge in [0.1, 0.15) is 33.5 Å². The Hall–Kier alpha value is -7.31. The van der Waals surface area contributed by atoms with E-state index in [9.17, 15) is 0 Å². The molecular weight excluding hydrogens is 691 g/mol. The molecule has 0 N–H and O–H groups in total. The summed E-state index contributed by atoms with van der Waals surface area (Å²) < 4.78 is 19.3. The number of rotatable bonds is 4. The highest BCUT2D eigenvalue weighted by molar-refractivity contribution is 6.19. The van der Waals surface area contributed by atoms with Crippen molar-refractivity contribution in [2.45, 2.75) is 13.3 Å². The maximum Gasteiger partial charge on any atom is 0.165 e. The first kappa shape index (κ1) is 31.1. The molecule has 6 nitrogen and oxygen atoms in total. The van der Waals surface area contributed by atoms with E-state index in [-0.39, 0.29) is 0 Å². The number of furan rings is 3. The summed E-state index contributed by atoms with van der Waals surface area (Å²) in [7, 11) is 0. The second kappa shape index (κ2) is 11.8. The summed E-state index contributed by atoms with van der Waals surface area (Å²) in [5, 5.41) is 6.01. The van der Waals surface area contributed by atoms with Gasteiger partial charge >= 0.3 is 0 Å². The van der Waals surface area contributed by atoms with Crippen LogP contribution in [0.4, 0.5) is 0 Å². The van der Waals surface area contributed by atoms with E-state index in [0.717, 1.165) is 100 Å². The van der Waals surface area contributed by atoms with Crippen molar-refractivity contribution in [2.24, 2.45) is 5.92 Å². The zero-order valence-electron chi connectivity index (χ0n) is 30.3. The van der Waals surface area contributed by atoms with E-state index >= 15 is 0 Å². The van der Waals surface area contributed by atoms with Gasteiger partial charge in [-0.1, -0.05) is 110 Å². The number of benzene rings is 7. The van der Waals surface area contributed by atoms with Crippen LogP contribution in [0.5, 0.6) is 0 Å². The Balaban J connectivity index is 1.21. The van der Waals surface area contributed by atoms with Crippen molar-refractivity contribution in [1.82, 2.24) is 15.0 Å². The monoisotopic (exact) mass is 721 g/mol. The van der Waals surface area contributed by atoms with Crippen LogP contribution < -0.4 is 0 Å². The van der Waals surface area contributed by atoms with Crippen LogP contribution in [0.1, 0.15) is 18.1 Å². The summed E-state index contributed by atoms with van der Waals surface area (Å²) in [5.74, 6) is 2.17. The summed E-state index contributed by atoms with van der Waals surface area (Å²) in [6.07, 6.45) is 5.45. The molecule has 12 rings (SSSR count). The highest BCUT2D eigenvalue weighted by Crippen LogP contribution is 2.46. The van der Waals surface area contributed by atoms with Crippen molar-refractivity contribution >= 4 is 71.9 Å². The van der Waals surface area contributed by atoms with Crippen molar-refractivity contribution in [3.8, 4) is 45.3 Å². The van der Waals surface area contributed by atoms with Gasteiger partial charge in [0.25, 0.3) is 0 Å². The standard InChI is InChI=1S/C50H31N3O3/c1-28-20-21-29-22-23-30(27-31(29)26-28)48-51-49(37-14-9-19-42-45(37)35-11-3-6-16-39(35)55-42)53-50(52-48)47-33(24-25-43-46(47)36-12-4-7-17-40(36)56-43)32-13-8-18-41-44(32)34-10-2-5-15-38(34)54-41/h2-25,27-28H,26H2,1H3. The van der Waals surface area contributed by atoms with Crippen LogP contribution in [-0.2, 0) is 6.42 Å². The molecule has 1 atom stereocenters. The predicted molar refractivity (Wildman–Crippen MR) is 225 cm³/mol. The van der Waals surface area contributed by atoms with Crippen molar-refractivity contribution in [1.29, 1.82) is 0 Å².